The van der Waals surface area contributed by atoms with Gasteiger partial charge in [-0.25, -0.2) is 0 Å². The van der Waals surface area contributed by atoms with Crippen LogP contribution < -0.4 is 20.1 Å². The van der Waals surface area contributed by atoms with E-state index in [-0.39, 0.29) is 25.0 Å². The predicted molar refractivity (Wildman–Crippen MR) is 91.3 cm³/mol. The fourth-order valence-corrected chi connectivity index (χ4v) is 1.89. The molecule has 0 aliphatic carbocycles. The summed E-state index contributed by atoms with van der Waals surface area (Å²) in [6.45, 7) is 1.69. The van der Waals surface area contributed by atoms with E-state index in [1.54, 1.807) is 31.4 Å². The van der Waals surface area contributed by atoms with Crippen LogP contribution in [-0.4, -0.2) is 32.1 Å². The first-order chi connectivity index (χ1) is 11.6. The Kier molecular flexibility index (Phi) is 6.19. The third-order valence-electron chi connectivity index (χ3n) is 3.21. The molecule has 2 N–H and O–H groups in total. The van der Waals surface area contributed by atoms with E-state index < -0.39 is 0 Å². The van der Waals surface area contributed by atoms with Gasteiger partial charge in [-0.2, -0.15) is 0 Å². The summed E-state index contributed by atoms with van der Waals surface area (Å²) >= 11 is 0. The van der Waals surface area contributed by atoms with Crippen LogP contribution >= 0.6 is 0 Å². The molecule has 2 amide bonds. The first-order valence-corrected chi connectivity index (χ1v) is 7.47. The van der Waals surface area contributed by atoms with Crippen LogP contribution in [0.2, 0.25) is 0 Å². The predicted octanol–water partition coefficient (Wildman–Crippen LogP) is 2.14. The van der Waals surface area contributed by atoms with Gasteiger partial charge in [-0.3, -0.25) is 9.59 Å². The Morgan fingerprint density at radius 1 is 0.917 bits per heavy atom. The number of carbonyl (C=O) groups excluding carboxylic acids is 2. The van der Waals surface area contributed by atoms with Crippen molar-refractivity contribution >= 4 is 17.5 Å². The van der Waals surface area contributed by atoms with Crippen LogP contribution in [0.15, 0.2) is 48.5 Å². The minimum atomic E-state index is -0.370. The number of hydrogen-bond acceptors (Lipinski definition) is 4. The zero-order chi connectivity index (χ0) is 17.4. The van der Waals surface area contributed by atoms with E-state index in [0.717, 1.165) is 5.56 Å². The Balaban J connectivity index is 1.70. The lowest BCUT2D eigenvalue weighted by Crippen LogP contribution is -2.35. The summed E-state index contributed by atoms with van der Waals surface area (Å²) in [7, 11) is 1.57. The smallest absolute Gasteiger partial charge is 0.258 e. The summed E-state index contributed by atoms with van der Waals surface area (Å²) in [6, 6.07) is 14.3. The molecule has 0 fully saturated rings. The SMILES string of the molecule is COc1ccc(OCC(=O)NCC(=O)Nc2ccc(C)cc2)cc1. The van der Waals surface area contributed by atoms with Crippen LogP contribution in [0, 0.1) is 6.92 Å². The van der Waals surface area contributed by atoms with Crippen LogP contribution in [-0.2, 0) is 9.59 Å². The lowest BCUT2D eigenvalue weighted by atomic mass is 10.2. The Hall–Kier alpha value is -3.02. The van der Waals surface area contributed by atoms with Crippen molar-refractivity contribution < 1.29 is 19.1 Å². The summed E-state index contributed by atoms with van der Waals surface area (Å²) < 4.78 is 10.4. The number of aryl methyl sites for hydroxylation is 1. The molecule has 0 spiro atoms. The summed E-state index contributed by atoms with van der Waals surface area (Å²) in [4.78, 5) is 23.5. The van der Waals surface area contributed by atoms with Gasteiger partial charge in [0.05, 0.1) is 13.7 Å². The van der Waals surface area contributed by atoms with Crippen LogP contribution in [0.4, 0.5) is 5.69 Å². The molecule has 0 aromatic heterocycles. The molecular formula is C18H20N2O4. The summed E-state index contributed by atoms with van der Waals surface area (Å²) in [5.41, 5.74) is 1.80. The van der Waals surface area contributed by atoms with E-state index in [1.165, 1.54) is 0 Å². The fourth-order valence-electron chi connectivity index (χ4n) is 1.89. The number of nitrogens with one attached hydrogen (secondary N) is 2. The number of ether oxygens (including phenoxy) is 2. The standard InChI is InChI=1S/C18H20N2O4/c1-13-3-5-14(6-4-13)20-17(21)11-19-18(22)12-24-16-9-7-15(23-2)8-10-16/h3-10H,11-12H2,1-2H3,(H,19,22)(H,20,21). The van der Waals surface area contributed by atoms with E-state index >= 15 is 0 Å². The number of anilines is 1. The Bertz CT molecular complexity index is 681. The Morgan fingerprint density at radius 2 is 1.54 bits per heavy atom. The molecule has 2 aromatic carbocycles. The van der Waals surface area contributed by atoms with Gasteiger partial charge in [0.1, 0.15) is 11.5 Å². The van der Waals surface area contributed by atoms with Crippen molar-refractivity contribution in [3.63, 3.8) is 0 Å². The highest BCUT2D eigenvalue weighted by molar-refractivity contribution is 5.94. The third kappa shape index (κ3) is 5.64. The molecule has 2 rings (SSSR count). The highest BCUT2D eigenvalue weighted by Crippen LogP contribution is 2.16. The van der Waals surface area contributed by atoms with E-state index in [9.17, 15) is 9.59 Å². The average Bonchev–Trinajstić information content (AvgIpc) is 2.60. The number of carbonyl (C=O) groups is 2. The van der Waals surface area contributed by atoms with Crippen molar-refractivity contribution in [2.75, 3.05) is 25.6 Å². The largest absolute Gasteiger partial charge is 0.497 e. The zero-order valence-corrected chi connectivity index (χ0v) is 13.7. The summed E-state index contributed by atoms with van der Waals surface area (Å²) in [6.07, 6.45) is 0. The topological polar surface area (TPSA) is 76.7 Å². The van der Waals surface area contributed by atoms with Gasteiger partial charge in [0.25, 0.3) is 5.91 Å². The van der Waals surface area contributed by atoms with Gasteiger partial charge >= 0.3 is 0 Å². The van der Waals surface area contributed by atoms with Gasteiger partial charge in [0.15, 0.2) is 6.61 Å². The lowest BCUT2D eigenvalue weighted by molar-refractivity contribution is -0.125. The van der Waals surface area contributed by atoms with Crippen molar-refractivity contribution in [3.8, 4) is 11.5 Å². The second-order valence-corrected chi connectivity index (χ2v) is 5.16. The molecule has 0 saturated carbocycles. The van der Waals surface area contributed by atoms with Gasteiger partial charge < -0.3 is 20.1 Å². The molecule has 0 heterocycles. The quantitative estimate of drug-likeness (QED) is 0.816. The van der Waals surface area contributed by atoms with Crippen LogP contribution in [0.1, 0.15) is 5.56 Å². The fraction of sp³-hybridized carbons (Fsp3) is 0.222. The molecule has 0 bridgehead atoms. The molecule has 0 aliphatic heterocycles. The lowest BCUT2D eigenvalue weighted by Gasteiger charge is -2.09. The number of hydrogen-bond donors (Lipinski definition) is 2. The van der Waals surface area contributed by atoms with E-state index in [2.05, 4.69) is 10.6 Å². The van der Waals surface area contributed by atoms with Gasteiger partial charge in [0, 0.05) is 5.69 Å². The molecule has 6 heteroatoms. The number of rotatable bonds is 7. The second kappa shape index (κ2) is 8.57. The number of amides is 2. The normalized spacial score (nSPS) is 9.92. The van der Waals surface area contributed by atoms with Crippen LogP contribution in [0.25, 0.3) is 0 Å². The molecule has 0 unspecified atom stereocenters. The molecule has 6 nitrogen and oxygen atoms in total. The summed E-state index contributed by atoms with van der Waals surface area (Å²) in [5, 5.41) is 5.21. The zero-order valence-electron chi connectivity index (χ0n) is 13.7. The molecule has 0 aliphatic rings. The first-order valence-electron chi connectivity index (χ1n) is 7.47. The highest BCUT2D eigenvalue weighted by atomic mass is 16.5. The molecule has 0 atom stereocenters. The molecular weight excluding hydrogens is 308 g/mol. The first kappa shape index (κ1) is 17.3. The molecule has 0 saturated heterocycles. The minimum absolute atomic E-state index is 0.112. The van der Waals surface area contributed by atoms with Crippen molar-refractivity contribution in [2.24, 2.45) is 0 Å². The van der Waals surface area contributed by atoms with E-state index in [1.807, 2.05) is 31.2 Å². The van der Waals surface area contributed by atoms with Crippen molar-refractivity contribution in [3.05, 3.63) is 54.1 Å². The maximum absolute atomic E-state index is 11.8. The second-order valence-electron chi connectivity index (χ2n) is 5.16. The number of benzene rings is 2. The van der Waals surface area contributed by atoms with Crippen molar-refractivity contribution in [1.82, 2.24) is 5.32 Å². The van der Waals surface area contributed by atoms with Crippen molar-refractivity contribution in [1.29, 1.82) is 0 Å². The van der Waals surface area contributed by atoms with Gasteiger partial charge in [-0.05, 0) is 43.3 Å². The van der Waals surface area contributed by atoms with Gasteiger partial charge in [-0.1, -0.05) is 17.7 Å². The molecule has 24 heavy (non-hydrogen) atoms. The summed E-state index contributed by atoms with van der Waals surface area (Å²) in [5.74, 6) is 0.594. The van der Waals surface area contributed by atoms with Crippen molar-refractivity contribution in [2.45, 2.75) is 6.92 Å². The molecule has 126 valence electrons. The maximum atomic E-state index is 11.8. The van der Waals surface area contributed by atoms with E-state index in [0.29, 0.717) is 17.2 Å². The minimum Gasteiger partial charge on any atom is -0.497 e. The molecule has 0 radical (unpaired) electrons. The monoisotopic (exact) mass is 328 g/mol. The van der Waals surface area contributed by atoms with Gasteiger partial charge in [0.2, 0.25) is 5.91 Å². The maximum Gasteiger partial charge on any atom is 0.258 e. The molecule has 2 aromatic rings. The average molecular weight is 328 g/mol. The third-order valence-corrected chi connectivity index (χ3v) is 3.21. The van der Waals surface area contributed by atoms with Crippen LogP contribution in [0.3, 0.4) is 0 Å². The Morgan fingerprint density at radius 3 is 2.17 bits per heavy atom. The number of methoxy groups -OCH3 is 1. The van der Waals surface area contributed by atoms with Crippen LogP contribution in [0.5, 0.6) is 11.5 Å². The van der Waals surface area contributed by atoms with E-state index in [4.69, 9.17) is 9.47 Å². The highest BCUT2D eigenvalue weighted by Gasteiger charge is 2.07. The Labute approximate surface area is 140 Å². The van der Waals surface area contributed by atoms with Gasteiger partial charge in [-0.15, -0.1) is 0 Å².